The maximum absolute atomic E-state index is 12.6. The van der Waals surface area contributed by atoms with Crippen LogP contribution in [0, 0.1) is 0 Å². The number of carbonyl (C=O) groups is 2. The molecule has 0 saturated carbocycles. The Labute approximate surface area is 165 Å². The van der Waals surface area contributed by atoms with E-state index in [2.05, 4.69) is 17.2 Å². The van der Waals surface area contributed by atoms with Crippen molar-refractivity contribution in [1.29, 1.82) is 0 Å². The molecule has 0 fully saturated rings. The van der Waals surface area contributed by atoms with Gasteiger partial charge in [-0.3, -0.25) is 9.59 Å². The number of aryl methyl sites for hydroxylation is 1. The molecule has 0 spiro atoms. The summed E-state index contributed by atoms with van der Waals surface area (Å²) in [6, 6.07) is 12.3. The number of hydrogen-bond donors (Lipinski definition) is 3. The molecule has 0 heterocycles. The van der Waals surface area contributed by atoms with Gasteiger partial charge >= 0.3 is 0 Å². The molecule has 6 heteroatoms. The summed E-state index contributed by atoms with van der Waals surface area (Å²) in [5, 5.41) is 15.3. The summed E-state index contributed by atoms with van der Waals surface area (Å²) in [6.07, 6.45) is 2.66. The molecule has 0 aromatic heterocycles. The van der Waals surface area contributed by atoms with Gasteiger partial charge in [0.15, 0.2) is 11.5 Å². The third-order valence-electron chi connectivity index (χ3n) is 4.39. The van der Waals surface area contributed by atoms with Crippen LogP contribution in [0.1, 0.15) is 34.8 Å². The smallest absolute Gasteiger partial charge is 0.251 e. The van der Waals surface area contributed by atoms with E-state index in [1.807, 2.05) is 25.1 Å². The number of carbonyl (C=O) groups excluding carboxylic acids is 2. The van der Waals surface area contributed by atoms with E-state index in [-0.39, 0.29) is 30.2 Å². The van der Waals surface area contributed by atoms with Crippen molar-refractivity contribution in [1.82, 2.24) is 10.6 Å². The molecule has 2 amide bonds. The highest BCUT2D eigenvalue weighted by atomic mass is 16.5. The SMILES string of the molecule is C=CC(=O)NCc1ccccc1C(=O)NC(C)CCc1ccc(O)c(OC)c1. The Bertz CT molecular complexity index is 848. The van der Waals surface area contributed by atoms with E-state index >= 15 is 0 Å². The van der Waals surface area contributed by atoms with Gasteiger partial charge in [-0.15, -0.1) is 0 Å². The van der Waals surface area contributed by atoms with Crippen LogP contribution < -0.4 is 15.4 Å². The van der Waals surface area contributed by atoms with E-state index in [0.717, 1.165) is 24.0 Å². The first-order valence-corrected chi connectivity index (χ1v) is 9.09. The van der Waals surface area contributed by atoms with Gasteiger partial charge in [-0.25, -0.2) is 0 Å². The molecule has 2 rings (SSSR count). The number of nitrogens with one attached hydrogen (secondary N) is 2. The Kier molecular flexibility index (Phi) is 7.63. The zero-order chi connectivity index (χ0) is 20.5. The summed E-state index contributed by atoms with van der Waals surface area (Å²) in [7, 11) is 1.51. The monoisotopic (exact) mass is 382 g/mol. The van der Waals surface area contributed by atoms with Gasteiger partial charge in [-0.05, 0) is 55.2 Å². The highest BCUT2D eigenvalue weighted by Crippen LogP contribution is 2.26. The lowest BCUT2D eigenvalue weighted by Crippen LogP contribution is -2.34. The number of hydrogen-bond acceptors (Lipinski definition) is 4. The van der Waals surface area contributed by atoms with Gasteiger partial charge < -0.3 is 20.5 Å². The summed E-state index contributed by atoms with van der Waals surface area (Å²) < 4.78 is 5.12. The maximum atomic E-state index is 12.6. The van der Waals surface area contributed by atoms with Crippen LogP contribution in [0.3, 0.4) is 0 Å². The molecule has 2 aromatic carbocycles. The lowest BCUT2D eigenvalue weighted by Gasteiger charge is -2.16. The topological polar surface area (TPSA) is 87.7 Å². The largest absolute Gasteiger partial charge is 0.504 e. The summed E-state index contributed by atoms with van der Waals surface area (Å²) in [5.41, 5.74) is 2.29. The standard InChI is InChI=1S/C22H26N2O4/c1-4-21(26)23-14-17-7-5-6-8-18(17)22(27)24-15(2)9-10-16-11-12-19(25)20(13-16)28-3/h4-8,11-13,15,25H,1,9-10,14H2,2-3H3,(H,23,26)(H,24,27). The molecule has 0 aliphatic carbocycles. The van der Waals surface area contributed by atoms with Crippen LogP contribution in [0.4, 0.5) is 0 Å². The van der Waals surface area contributed by atoms with Crippen molar-refractivity contribution >= 4 is 11.8 Å². The van der Waals surface area contributed by atoms with Gasteiger partial charge in [0.05, 0.1) is 7.11 Å². The van der Waals surface area contributed by atoms with Gasteiger partial charge in [0, 0.05) is 18.2 Å². The Balaban J connectivity index is 1.95. The first-order chi connectivity index (χ1) is 13.4. The Hall–Kier alpha value is -3.28. The molecular weight excluding hydrogens is 356 g/mol. The number of methoxy groups -OCH3 is 1. The third-order valence-corrected chi connectivity index (χ3v) is 4.39. The predicted octanol–water partition coefficient (Wildman–Crippen LogP) is 2.95. The second-order valence-electron chi connectivity index (χ2n) is 6.50. The number of rotatable bonds is 9. The average Bonchev–Trinajstić information content (AvgIpc) is 2.71. The van der Waals surface area contributed by atoms with Crippen molar-refractivity contribution in [3.05, 3.63) is 71.8 Å². The average molecular weight is 382 g/mol. The first kappa shape index (κ1) is 21.0. The predicted molar refractivity (Wildman–Crippen MR) is 108 cm³/mol. The van der Waals surface area contributed by atoms with Crippen LogP contribution in [0.15, 0.2) is 55.1 Å². The summed E-state index contributed by atoms with van der Waals surface area (Å²) in [5.74, 6) is 0.0737. The van der Waals surface area contributed by atoms with E-state index in [9.17, 15) is 14.7 Å². The van der Waals surface area contributed by atoms with E-state index in [1.165, 1.54) is 13.2 Å². The number of phenols is 1. The van der Waals surface area contributed by atoms with E-state index in [4.69, 9.17) is 4.74 Å². The Morgan fingerprint density at radius 2 is 2.00 bits per heavy atom. The van der Waals surface area contributed by atoms with E-state index in [0.29, 0.717) is 11.3 Å². The van der Waals surface area contributed by atoms with Crippen LogP contribution in [0.2, 0.25) is 0 Å². The molecule has 1 atom stereocenters. The summed E-state index contributed by atoms with van der Waals surface area (Å²) >= 11 is 0. The molecule has 0 aliphatic heterocycles. The second-order valence-corrected chi connectivity index (χ2v) is 6.50. The number of amides is 2. The van der Waals surface area contributed by atoms with Crippen molar-refractivity contribution in [2.45, 2.75) is 32.4 Å². The molecule has 0 radical (unpaired) electrons. The summed E-state index contributed by atoms with van der Waals surface area (Å²) in [4.78, 5) is 24.0. The van der Waals surface area contributed by atoms with Gasteiger partial charge in [0.2, 0.25) is 5.91 Å². The number of ether oxygens (including phenoxy) is 1. The molecule has 28 heavy (non-hydrogen) atoms. The normalized spacial score (nSPS) is 11.4. The molecule has 2 aromatic rings. The van der Waals surface area contributed by atoms with E-state index in [1.54, 1.807) is 24.3 Å². The fourth-order valence-corrected chi connectivity index (χ4v) is 2.78. The minimum atomic E-state index is -0.284. The second kappa shape index (κ2) is 10.2. The maximum Gasteiger partial charge on any atom is 0.251 e. The Morgan fingerprint density at radius 1 is 1.25 bits per heavy atom. The third kappa shape index (κ3) is 5.87. The van der Waals surface area contributed by atoms with Crippen molar-refractivity contribution < 1.29 is 19.4 Å². The molecule has 148 valence electrons. The summed E-state index contributed by atoms with van der Waals surface area (Å²) in [6.45, 7) is 5.62. The van der Waals surface area contributed by atoms with Crippen LogP contribution >= 0.6 is 0 Å². The zero-order valence-corrected chi connectivity index (χ0v) is 16.2. The lowest BCUT2D eigenvalue weighted by atomic mass is 10.0. The Morgan fingerprint density at radius 3 is 2.71 bits per heavy atom. The van der Waals surface area contributed by atoms with Gasteiger partial charge in [-0.1, -0.05) is 30.8 Å². The lowest BCUT2D eigenvalue weighted by molar-refractivity contribution is -0.116. The number of phenolic OH excluding ortho intramolecular Hbond substituents is 1. The van der Waals surface area contributed by atoms with E-state index < -0.39 is 0 Å². The van der Waals surface area contributed by atoms with Crippen molar-refractivity contribution in [3.63, 3.8) is 0 Å². The van der Waals surface area contributed by atoms with Crippen molar-refractivity contribution in [2.75, 3.05) is 7.11 Å². The molecular formula is C22H26N2O4. The first-order valence-electron chi connectivity index (χ1n) is 9.09. The van der Waals surface area contributed by atoms with Gasteiger partial charge in [0.25, 0.3) is 5.91 Å². The minimum Gasteiger partial charge on any atom is -0.504 e. The van der Waals surface area contributed by atoms with Crippen LogP contribution in [0.5, 0.6) is 11.5 Å². The highest BCUT2D eigenvalue weighted by Gasteiger charge is 2.14. The quantitative estimate of drug-likeness (QED) is 0.582. The van der Waals surface area contributed by atoms with Crippen LogP contribution in [0.25, 0.3) is 0 Å². The number of aromatic hydroxyl groups is 1. The molecule has 6 nitrogen and oxygen atoms in total. The fourth-order valence-electron chi connectivity index (χ4n) is 2.78. The van der Waals surface area contributed by atoms with Gasteiger partial charge in [0.1, 0.15) is 0 Å². The van der Waals surface area contributed by atoms with Crippen molar-refractivity contribution in [3.8, 4) is 11.5 Å². The molecule has 0 bridgehead atoms. The zero-order valence-electron chi connectivity index (χ0n) is 16.2. The van der Waals surface area contributed by atoms with Crippen LogP contribution in [-0.4, -0.2) is 30.1 Å². The fraction of sp³-hybridized carbons (Fsp3) is 0.273. The minimum absolute atomic E-state index is 0.0527. The highest BCUT2D eigenvalue weighted by molar-refractivity contribution is 5.96. The molecule has 0 saturated heterocycles. The van der Waals surface area contributed by atoms with Gasteiger partial charge in [-0.2, -0.15) is 0 Å². The molecule has 0 aliphatic rings. The molecule has 3 N–H and O–H groups in total. The number of benzene rings is 2. The van der Waals surface area contributed by atoms with Crippen LogP contribution in [-0.2, 0) is 17.8 Å². The van der Waals surface area contributed by atoms with Crippen molar-refractivity contribution in [2.24, 2.45) is 0 Å². The molecule has 1 unspecified atom stereocenters.